The Balaban J connectivity index is 1.84. The number of fused-ring (bicyclic) bond motifs is 6. The van der Waals surface area contributed by atoms with Gasteiger partial charge in [-0.2, -0.15) is 0 Å². The lowest BCUT2D eigenvalue weighted by Crippen LogP contribution is -1.92. The molecule has 134 valence electrons. The van der Waals surface area contributed by atoms with Gasteiger partial charge in [0.25, 0.3) is 0 Å². The molecule has 0 fully saturated rings. The molecule has 0 saturated heterocycles. The fourth-order valence-electron chi connectivity index (χ4n) is 4.37. The first-order chi connectivity index (χ1) is 13.7. The summed E-state index contributed by atoms with van der Waals surface area (Å²) in [6, 6.07) is 28.2. The smallest absolute Gasteiger partial charge is 0.136 e. The molecule has 6 aromatic rings. The van der Waals surface area contributed by atoms with Gasteiger partial charge < -0.3 is 8.98 Å². The number of hydrogen-bond donors (Lipinski definition) is 0. The molecule has 0 amide bonds. The van der Waals surface area contributed by atoms with Gasteiger partial charge in [0, 0.05) is 27.2 Å². The SMILES string of the molecule is Cc1ccc2oc3cc4c5cc(C)ccc5n(-c5ccccc5)c4cc3c2c1. The highest BCUT2D eigenvalue weighted by molar-refractivity contribution is 6.17. The van der Waals surface area contributed by atoms with Crippen LogP contribution in [0.4, 0.5) is 0 Å². The molecule has 2 heteroatoms. The minimum Gasteiger partial charge on any atom is -0.456 e. The van der Waals surface area contributed by atoms with Crippen molar-refractivity contribution in [2.45, 2.75) is 13.8 Å². The van der Waals surface area contributed by atoms with Crippen LogP contribution in [0.3, 0.4) is 0 Å². The van der Waals surface area contributed by atoms with E-state index in [0.29, 0.717) is 0 Å². The molecular weight excluding hydrogens is 342 g/mol. The fourth-order valence-corrected chi connectivity index (χ4v) is 4.37. The van der Waals surface area contributed by atoms with Crippen LogP contribution < -0.4 is 0 Å². The molecule has 2 aromatic heterocycles. The van der Waals surface area contributed by atoms with Crippen molar-refractivity contribution in [3.63, 3.8) is 0 Å². The van der Waals surface area contributed by atoms with Crippen molar-refractivity contribution >= 4 is 43.7 Å². The average Bonchev–Trinajstić information content (AvgIpc) is 3.21. The van der Waals surface area contributed by atoms with Crippen molar-refractivity contribution in [3.05, 3.63) is 90.0 Å². The van der Waals surface area contributed by atoms with Gasteiger partial charge in [-0.25, -0.2) is 0 Å². The lowest BCUT2D eigenvalue weighted by atomic mass is 10.1. The predicted octanol–water partition coefficient (Wildman–Crippen LogP) is 7.30. The molecule has 0 unspecified atom stereocenters. The second-order valence-electron chi connectivity index (χ2n) is 7.66. The van der Waals surface area contributed by atoms with E-state index in [0.717, 1.165) is 11.2 Å². The first-order valence-corrected chi connectivity index (χ1v) is 9.62. The second-order valence-corrected chi connectivity index (χ2v) is 7.66. The number of hydrogen-bond acceptors (Lipinski definition) is 1. The van der Waals surface area contributed by atoms with Gasteiger partial charge in [0.05, 0.1) is 11.0 Å². The largest absolute Gasteiger partial charge is 0.456 e. The molecule has 0 spiro atoms. The summed E-state index contributed by atoms with van der Waals surface area (Å²) in [5.74, 6) is 0. The van der Waals surface area contributed by atoms with Crippen LogP contribution in [0, 0.1) is 13.8 Å². The van der Waals surface area contributed by atoms with Gasteiger partial charge in [0.15, 0.2) is 0 Å². The van der Waals surface area contributed by atoms with Crippen molar-refractivity contribution in [1.29, 1.82) is 0 Å². The normalized spacial score (nSPS) is 11.9. The van der Waals surface area contributed by atoms with Crippen molar-refractivity contribution in [2.24, 2.45) is 0 Å². The highest BCUT2D eigenvalue weighted by Crippen LogP contribution is 2.38. The van der Waals surface area contributed by atoms with E-state index in [2.05, 4.69) is 97.3 Å². The van der Waals surface area contributed by atoms with E-state index in [1.165, 1.54) is 49.4 Å². The standard InChI is InChI=1S/C26H19NO/c1-16-8-10-23-19(12-16)20-15-26-22(21-13-17(2)9-11-25(21)28-26)14-24(20)27(23)18-6-4-3-5-7-18/h3-15H,1-2H3. The van der Waals surface area contributed by atoms with Crippen LogP contribution in [0.25, 0.3) is 49.4 Å². The van der Waals surface area contributed by atoms with E-state index in [4.69, 9.17) is 4.42 Å². The second kappa shape index (κ2) is 5.49. The van der Waals surface area contributed by atoms with Crippen molar-refractivity contribution < 1.29 is 4.42 Å². The van der Waals surface area contributed by atoms with Gasteiger partial charge in [-0.1, -0.05) is 41.5 Å². The molecular formula is C26H19NO. The van der Waals surface area contributed by atoms with Crippen LogP contribution in [0.2, 0.25) is 0 Å². The molecule has 0 atom stereocenters. The number of para-hydroxylation sites is 1. The molecule has 0 saturated carbocycles. The monoisotopic (exact) mass is 361 g/mol. The highest BCUT2D eigenvalue weighted by atomic mass is 16.3. The molecule has 2 nitrogen and oxygen atoms in total. The van der Waals surface area contributed by atoms with Gasteiger partial charge in [0.1, 0.15) is 11.2 Å². The number of benzene rings is 4. The highest BCUT2D eigenvalue weighted by Gasteiger charge is 2.16. The Hall–Kier alpha value is -3.52. The van der Waals surface area contributed by atoms with Gasteiger partial charge >= 0.3 is 0 Å². The molecule has 0 aliphatic carbocycles. The van der Waals surface area contributed by atoms with E-state index in [1.54, 1.807) is 0 Å². The third kappa shape index (κ3) is 2.09. The van der Waals surface area contributed by atoms with Crippen LogP contribution >= 0.6 is 0 Å². The maximum absolute atomic E-state index is 6.20. The summed E-state index contributed by atoms with van der Waals surface area (Å²) in [7, 11) is 0. The van der Waals surface area contributed by atoms with Gasteiger partial charge in [-0.15, -0.1) is 0 Å². The van der Waals surface area contributed by atoms with Crippen LogP contribution in [0.1, 0.15) is 11.1 Å². The fraction of sp³-hybridized carbons (Fsp3) is 0.0769. The molecule has 2 heterocycles. The summed E-state index contributed by atoms with van der Waals surface area (Å²) >= 11 is 0. The number of furan rings is 1. The van der Waals surface area contributed by atoms with Gasteiger partial charge in [-0.05, 0) is 62.4 Å². The average molecular weight is 361 g/mol. The first kappa shape index (κ1) is 15.5. The van der Waals surface area contributed by atoms with Crippen molar-refractivity contribution in [1.82, 2.24) is 4.57 Å². The Morgan fingerprint density at radius 2 is 1.25 bits per heavy atom. The van der Waals surface area contributed by atoms with E-state index in [-0.39, 0.29) is 0 Å². The molecule has 0 aliphatic heterocycles. The summed E-state index contributed by atoms with van der Waals surface area (Å²) in [6.45, 7) is 4.27. The summed E-state index contributed by atoms with van der Waals surface area (Å²) in [5, 5.41) is 4.84. The number of rotatable bonds is 1. The van der Waals surface area contributed by atoms with Crippen molar-refractivity contribution in [2.75, 3.05) is 0 Å². The zero-order chi connectivity index (χ0) is 18.8. The van der Waals surface area contributed by atoms with Crippen LogP contribution in [0.15, 0.2) is 83.3 Å². The molecule has 6 rings (SSSR count). The number of aromatic nitrogens is 1. The topological polar surface area (TPSA) is 18.1 Å². The Bertz CT molecular complexity index is 1520. The summed E-state index contributed by atoms with van der Waals surface area (Å²) in [5.41, 5.74) is 8.01. The van der Waals surface area contributed by atoms with E-state index in [1.807, 2.05) is 0 Å². The molecule has 0 N–H and O–H groups in total. The van der Waals surface area contributed by atoms with Crippen molar-refractivity contribution in [3.8, 4) is 5.69 Å². The zero-order valence-electron chi connectivity index (χ0n) is 15.9. The summed E-state index contributed by atoms with van der Waals surface area (Å²) < 4.78 is 8.56. The Morgan fingerprint density at radius 3 is 2.07 bits per heavy atom. The molecule has 28 heavy (non-hydrogen) atoms. The number of aryl methyl sites for hydroxylation is 2. The third-order valence-electron chi connectivity index (χ3n) is 5.68. The van der Waals surface area contributed by atoms with Crippen LogP contribution in [-0.4, -0.2) is 4.57 Å². The van der Waals surface area contributed by atoms with E-state index >= 15 is 0 Å². The Morgan fingerprint density at radius 1 is 0.571 bits per heavy atom. The van der Waals surface area contributed by atoms with Gasteiger partial charge in [-0.3, -0.25) is 0 Å². The molecule has 0 radical (unpaired) electrons. The maximum atomic E-state index is 6.20. The lowest BCUT2D eigenvalue weighted by molar-refractivity contribution is 0.669. The van der Waals surface area contributed by atoms with E-state index in [9.17, 15) is 0 Å². The van der Waals surface area contributed by atoms with E-state index < -0.39 is 0 Å². The van der Waals surface area contributed by atoms with Crippen LogP contribution in [0.5, 0.6) is 0 Å². The Kier molecular flexibility index (Phi) is 3.05. The minimum atomic E-state index is 0.944. The number of nitrogens with zero attached hydrogens (tertiary/aromatic N) is 1. The third-order valence-corrected chi connectivity index (χ3v) is 5.68. The minimum absolute atomic E-state index is 0.944. The summed E-state index contributed by atoms with van der Waals surface area (Å²) in [6.07, 6.45) is 0. The maximum Gasteiger partial charge on any atom is 0.136 e. The summed E-state index contributed by atoms with van der Waals surface area (Å²) in [4.78, 5) is 0. The molecule has 0 bridgehead atoms. The predicted molar refractivity (Wildman–Crippen MR) is 118 cm³/mol. The zero-order valence-corrected chi connectivity index (χ0v) is 15.9. The first-order valence-electron chi connectivity index (χ1n) is 9.62. The molecule has 0 aliphatic rings. The Labute approximate surface area is 162 Å². The molecule has 4 aromatic carbocycles. The van der Waals surface area contributed by atoms with Gasteiger partial charge in [0.2, 0.25) is 0 Å². The quantitative estimate of drug-likeness (QED) is 0.300. The lowest BCUT2D eigenvalue weighted by Gasteiger charge is -2.07. The van der Waals surface area contributed by atoms with Crippen LogP contribution in [-0.2, 0) is 0 Å².